The molecule has 1 aliphatic heterocycles. The van der Waals surface area contributed by atoms with Crippen LogP contribution in [0.2, 0.25) is 0 Å². The van der Waals surface area contributed by atoms with Crippen molar-refractivity contribution in [1.29, 1.82) is 0 Å². The van der Waals surface area contributed by atoms with E-state index in [1.165, 1.54) is 11.3 Å². The van der Waals surface area contributed by atoms with E-state index in [1.807, 2.05) is 41.8 Å². The van der Waals surface area contributed by atoms with Crippen LogP contribution in [-0.2, 0) is 4.79 Å². The van der Waals surface area contributed by atoms with Gasteiger partial charge in [0.25, 0.3) is 5.91 Å². The zero-order valence-electron chi connectivity index (χ0n) is 12.7. The van der Waals surface area contributed by atoms with E-state index in [0.717, 1.165) is 16.3 Å². The molecule has 0 aliphatic carbocycles. The Labute approximate surface area is 134 Å². The van der Waals surface area contributed by atoms with Crippen LogP contribution >= 0.6 is 11.3 Å². The van der Waals surface area contributed by atoms with Crippen LogP contribution in [0.4, 0.5) is 11.4 Å². The largest absolute Gasteiger partial charge is 0.310 e. The molecule has 4 nitrogen and oxygen atoms in total. The van der Waals surface area contributed by atoms with Crippen molar-refractivity contribution in [2.45, 2.75) is 13.8 Å². The van der Waals surface area contributed by atoms with Crippen molar-refractivity contribution < 1.29 is 9.59 Å². The first-order chi connectivity index (χ1) is 10.6. The second kappa shape index (κ2) is 5.93. The number of fused-ring (bicyclic) bond motifs is 1. The maximum absolute atomic E-state index is 12.8. The Morgan fingerprint density at radius 3 is 2.27 bits per heavy atom. The van der Waals surface area contributed by atoms with Gasteiger partial charge in [-0.25, -0.2) is 0 Å². The summed E-state index contributed by atoms with van der Waals surface area (Å²) in [5, 5.41) is 1.91. The van der Waals surface area contributed by atoms with E-state index < -0.39 is 0 Å². The van der Waals surface area contributed by atoms with Gasteiger partial charge in [0.1, 0.15) is 0 Å². The number of hydrogen-bond donors (Lipinski definition) is 0. The fourth-order valence-electron chi connectivity index (χ4n) is 2.82. The predicted octanol–water partition coefficient (Wildman–Crippen LogP) is 3.40. The summed E-state index contributed by atoms with van der Waals surface area (Å²) in [5.41, 5.74) is 1.62. The zero-order chi connectivity index (χ0) is 15.7. The molecule has 5 heteroatoms. The summed E-state index contributed by atoms with van der Waals surface area (Å²) in [4.78, 5) is 29.1. The van der Waals surface area contributed by atoms with Crippen molar-refractivity contribution in [2.24, 2.45) is 5.92 Å². The van der Waals surface area contributed by atoms with Gasteiger partial charge in [-0.15, -0.1) is 11.3 Å². The van der Waals surface area contributed by atoms with Crippen molar-refractivity contribution in [3.8, 4) is 0 Å². The van der Waals surface area contributed by atoms with Crippen LogP contribution in [0.25, 0.3) is 0 Å². The molecule has 0 spiro atoms. The number of hydrogen-bond acceptors (Lipinski definition) is 3. The van der Waals surface area contributed by atoms with Crippen LogP contribution < -0.4 is 9.80 Å². The molecule has 2 aromatic rings. The summed E-state index contributed by atoms with van der Waals surface area (Å²) in [6, 6.07) is 11.3. The molecule has 114 valence electrons. The lowest BCUT2D eigenvalue weighted by atomic mass is 10.1. The van der Waals surface area contributed by atoms with Gasteiger partial charge in [-0.2, -0.15) is 0 Å². The molecule has 0 fully saturated rings. The highest BCUT2D eigenvalue weighted by Crippen LogP contribution is 2.34. The first-order valence-electron chi connectivity index (χ1n) is 7.30. The van der Waals surface area contributed by atoms with E-state index in [-0.39, 0.29) is 17.7 Å². The maximum atomic E-state index is 12.8. The van der Waals surface area contributed by atoms with Crippen molar-refractivity contribution in [1.82, 2.24) is 0 Å². The molecular formula is C17H18N2O2S. The number of carbonyl (C=O) groups is 2. The number of nitrogens with zero attached hydrogens (tertiary/aromatic N) is 2. The van der Waals surface area contributed by atoms with E-state index >= 15 is 0 Å². The fourth-order valence-corrected chi connectivity index (χ4v) is 3.49. The molecule has 2 amide bonds. The van der Waals surface area contributed by atoms with Crippen molar-refractivity contribution in [2.75, 3.05) is 22.9 Å². The van der Waals surface area contributed by atoms with Crippen LogP contribution in [0.1, 0.15) is 23.5 Å². The van der Waals surface area contributed by atoms with Gasteiger partial charge in [0.05, 0.1) is 16.3 Å². The molecule has 22 heavy (non-hydrogen) atoms. The first-order valence-corrected chi connectivity index (χ1v) is 8.18. The monoisotopic (exact) mass is 314 g/mol. The molecule has 0 radical (unpaired) electrons. The number of carbonyl (C=O) groups excluding carboxylic acids is 2. The topological polar surface area (TPSA) is 40.6 Å². The summed E-state index contributed by atoms with van der Waals surface area (Å²) < 4.78 is 0. The average molecular weight is 314 g/mol. The van der Waals surface area contributed by atoms with Gasteiger partial charge in [0.2, 0.25) is 5.91 Å². The van der Waals surface area contributed by atoms with Gasteiger partial charge in [0, 0.05) is 20.0 Å². The SMILES string of the molecule is CC(=O)N1CC(C)CN(C(=O)c2cccs2)c2ccccc21. The van der Waals surface area contributed by atoms with E-state index in [2.05, 4.69) is 6.92 Å². The molecule has 0 N–H and O–H groups in total. The minimum absolute atomic E-state index is 0.000276. The third-order valence-corrected chi connectivity index (χ3v) is 4.67. The van der Waals surface area contributed by atoms with Crippen LogP contribution in [-0.4, -0.2) is 24.9 Å². The van der Waals surface area contributed by atoms with Gasteiger partial charge in [0.15, 0.2) is 0 Å². The summed E-state index contributed by atoms with van der Waals surface area (Å²) in [6.07, 6.45) is 0. The number of para-hydroxylation sites is 2. The minimum Gasteiger partial charge on any atom is -0.310 e. The van der Waals surface area contributed by atoms with Gasteiger partial charge >= 0.3 is 0 Å². The molecule has 0 saturated carbocycles. The Bertz CT molecular complexity index is 696. The van der Waals surface area contributed by atoms with Gasteiger partial charge < -0.3 is 9.80 Å². The molecule has 1 aromatic heterocycles. The Balaban J connectivity index is 2.08. The zero-order valence-corrected chi connectivity index (χ0v) is 13.5. The number of thiophene rings is 1. The van der Waals surface area contributed by atoms with Crippen molar-refractivity contribution >= 4 is 34.5 Å². The van der Waals surface area contributed by atoms with Crippen molar-refractivity contribution in [3.05, 3.63) is 46.7 Å². The van der Waals surface area contributed by atoms with Gasteiger partial charge in [-0.05, 0) is 29.5 Å². The minimum atomic E-state index is -0.000276. The van der Waals surface area contributed by atoms with Crippen LogP contribution in [0, 0.1) is 5.92 Å². The highest BCUT2D eigenvalue weighted by Gasteiger charge is 2.30. The molecule has 0 saturated heterocycles. The Kier molecular flexibility index (Phi) is 3.98. The number of amides is 2. The third-order valence-electron chi connectivity index (χ3n) is 3.81. The van der Waals surface area contributed by atoms with Crippen LogP contribution in [0.5, 0.6) is 0 Å². The lowest BCUT2D eigenvalue weighted by Gasteiger charge is -2.24. The molecule has 1 aromatic carbocycles. The third kappa shape index (κ3) is 2.64. The molecular weight excluding hydrogens is 296 g/mol. The maximum Gasteiger partial charge on any atom is 0.268 e. The Morgan fingerprint density at radius 2 is 1.68 bits per heavy atom. The van der Waals surface area contributed by atoms with Crippen LogP contribution in [0.3, 0.4) is 0 Å². The quantitative estimate of drug-likeness (QED) is 0.809. The molecule has 3 rings (SSSR count). The predicted molar refractivity (Wildman–Crippen MR) is 89.6 cm³/mol. The smallest absolute Gasteiger partial charge is 0.268 e. The molecule has 2 heterocycles. The molecule has 0 bridgehead atoms. The van der Waals surface area contributed by atoms with E-state index in [0.29, 0.717) is 13.1 Å². The lowest BCUT2D eigenvalue weighted by molar-refractivity contribution is -0.116. The van der Waals surface area contributed by atoms with E-state index in [1.54, 1.807) is 16.7 Å². The Hall–Kier alpha value is -2.14. The van der Waals surface area contributed by atoms with E-state index in [9.17, 15) is 9.59 Å². The number of rotatable bonds is 1. The highest BCUT2D eigenvalue weighted by molar-refractivity contribution is 7.12. The average Bonchev–Trinajstić information content (AvgIpc) is 2.99. The fraction of sp³-hybridized carbons (Fsp3) is 0.294. The Morgan fingerprint density at radius 1 is 1.05 bits per heavy atom. The van der Waals surface area contributed by atoms with Crippen molar-refractivity contribution in [3.63, 3.8) is 0 Å². The van der Waals surface area contributed by atoms with Crippen LogP contribution in [0.15, 0.2) is 41.8 Å². The highest BCUT2D eigenvalue weighted by atomic mass is 32.1. The summed E-state index contributed by atoms with van der Waals surface area (Å²) in [7, 11) is 0. The van der Waals surface area contributed by atoms with Gasteiger partial charge in [-0.1, -0.05) is 25.1 Å². The normalized spacial score (nSPS) is 17.8. The standard InChI is InChI=1S/C17H18N2O2S/c1-12-10-18(13(2)20)14-6-3-4-7-15(14)19(11-12)17(21)16-8-5-9-22-16/h3-9,12H,10-11H2,1-2H3. The second-order valence-corrected chi connectivity index (χ2v) is 6.56. The second-order valence-electron chi connectivity index (χ2n) is 5.62. The number of anilines is 2. The molecule has 1 aliphatic rings. The lowest BCUT2D eigenvalue weighted by Crippen LogP contribution is -2.35. The molecule has 1 atom stereocenters. The van der Waals surface area contributed by atoms with Gasteiger partial charge in [-0.3, -0.25) is 9.59 Å². The summed E-state index contributed by atoms with van der Waals surface area (Å²) >= 11 is 1.44. The summed E-state index contributed by atoms with van der Waals surface area (Å²) in [5.74, 6) is 0.213. The van der Waals surface area contributed by atoms with E-state index in [4.69, 9.17) is 0 Å². The molecule has 1 unspecified atom stereocenters. The number of benzene rings is 1. The summed E-state index contributed by atoms with van der Waals surface area (Å²) in [6.45, 7) is 4.87. The first kappa shape index (κ1) is 14.8.